The molecule has 1 aliphatic rings. The molecule has 182 valence electrons. The lowest BCUT2D eigenvalue weighted by Gasteiger charge is -2.18. The highest BCUT2D eigenvalue weighted by Crippen LogP contribution is 2.37. The number of fused-ring (bicyclic) bond motifs is 1. The molecule has 1 amide bonds. The Labute approximate surface area is 191 Å². The van der Waals surface area contributed by atoms with Gasteiger partial charge in [0.15, 0.2) is 11.6 Å². The average molecular weight is 515 g/mol. The van der Waals surface area contributed by atoms with Gasteiger partial charge in [0.25, 0.3) is 16.1 Å². The van der Waals surface area contributed by atoms with Crippen molar-refractivity contribution >= 4 is 39.1 Å². The summed E-state index contributed by atoms with van der Waals surface area (Å²) in [6, 6.07) is 0.339. The topological polar surface area (TPSA) is 92.2 Å². The zero-order chi connectivity index (χ0) is 24.6. The fourth-order valence-electron chi connectivity index (χ4n) is 3.43. The zero-order valence-corrected chi connectivity index (χ0v) is 18.8. The van der Waals surface area contributed by atoms with Crippen LogP contribution in [0.1, 0.15) is 42.4 Å². The summed E-state index contributed by atoms with van der Waals surface area (Å²) >= 11 is 6.33. The predicted molar refractivity (Wildman–Crippen MR) is 113 cm³/mol. The van der Waals surface area contributed by atoms with Gasteiger partial charge in [-0.1, -0.05) is 18.0 Å². The predicted octanol–water partition coefficient (Wildman–Crippen LogP) is 4.60. The van der Waals surface area contributed by atoms with Crippen molar-refractivity contribution in [3.63, 3.8) is 0 Å². The second kappa shape index (κ2) is 9.47. The van der Waals surface area contributed by atoms with Gasteiger partial charge >= 0.3 is 6.18 Å². The Morgan fingerprint density at radius 3 is 2.48 bits per heavy atom. The number of nitrogens with one attached hydrogen (secondary N) is 3. The van der Waals surface area contributed by atoms with E-state index in [1.165, 1.54) is 9.29 Å². The Kier molecular flexibility index (Phi) is 7.24. The van der Waals surface area contributed by atoms with Crippen LogP contribution in [0.2, 0.25) is 5.02 Å². The van der Waals surface area contributed by atoms with Crippen molar-refractivity contribution in [1.29, 1.82) is 0 Å². The van der Waals surface area contributed by atoms with E-state index in [-0.39, 0.29) is 22.1 Å². The number of amides is 1. The van der Waals surface area contributed by atoms with Gasteiger partial charge in [-0.15, -0.1) is 0 Å². The molecule has 0 fully saturated rings. The fraction of sp³-hybridized carbons (Fsp3) is 0.421. The van der Waals surface area contributed by atoms with Crippen LogP contribution in [-0.4, -0.2) is 31.1 Å². The quantitative estimate of drug-likeness (QED) is 0.492. The lowest BCUT2D eigenvalue weighted by atomic mass is 10.2. The van der Waals surface area contributed by atoms with Crippen LogP contribution in [-0.2, 0) is 23.2 Å². The summed E-state index contributed by atoms with van der Waals surface area (Å²) in [5, 5.41) is 2.05. The first-order chi connectivity index (χ1) is 15.3. The third-order valence-electron chi connectivity index (χ3n) is 5.06. The number of alkyl halides is 3. The molecule has 3 N–H and O–H groups in total. The maximum Gasteiger partial charge on any atom is 0.404 e. The van der Waals surface area contributed by atoms with E-state index >= 15 is 0 Å². The molecule has 1 atom stereocenters. The molecule has 0 bridgehead atoms. The maximum absolute atomic E-state index is 13.5. The summed E-state index contributed by atoms with van der Waals surface area (Å²) in [6.07, 6.45) is -2.47. The van der Waals surface area contributed by atoms with Crippen molar-refractivity contribution in [2.45, 2.75) is 51.4 Å². The molecular formula is C19H20ClF5N4O3S. The van der Waals surface area contributed by atoms with Gasteiger partial charge in [0.05, 0.1) is 10.7 Å². The Hall–Kier alpha value is -2.38. The van der Waals surface area contributed by atoms with E-state index in [0.29, 0.717) is 38.4 Å². The largest absolute Gasteiger partial charge is 0.404 e. The minimum Gasteiger partial charge on any atom is -0.337 e. The molecular weight excluding hydrogens is 495 g/mol. The highest BCUT2D eigenvalue weighted by atomic mass is 35.5. The lowest BCUT2D eigenvalue weighted by molar-refractivity contribution is -0.147. The third kappa shape index (κ3) is 5.76. The second-order valence-electron chi connectivity index (χ2n) is 7.52. The molecule has 0 aliphatic carbocycles. The number of nitrogens with zero attached hydrogens (tertiary/aromatic N) is 1. The summed E-state index contributed by atoms with van der Waals surface area (Å²) in [6.45, 7) is 0.936. The molecule has 2 aromatic rings. The zero-order valence-electron chi connectivity index (χ0n) is 17.2. The van der Waals surface area contributed by atoms with Crippen molar-refractivity contribution in [3.8, 4) is 0 Å². The minimum atomic E-state index is -4.81. The van der Waals surface area contributed by atoms with Gasteiger partial charge in [0.1, 0.15) is 11.7 Å². The third-order valence-corrected chi connectivity index (χ3v) is 6.56. The summed E-state index contributed by atoms with van der Waals surface area (Å²) in [5.41, 5.74) is -0.101. The number of anilines is 2. The molecule has 14 heteroatoms. The Morgan fingerprint density at radius 1 is 1.15 bits per heavy atom. The normalized spacial score (nSPS) is 15.5. The highest BCUT2D eigenvalue weighted by Gasteiger charge is 2.39. The molecule has 1 unspecified atom stereocenters. The van der Waals surface area contributed by atoms with Gasteiger partial charge < -0.3 is 9.88 Å². The van der Waals surface area contributed by atoms with Gasteiger partial charge in [-0.3, -0.25) is 9.52 Å². The van der Waals surface area contributed by atoms with E-state index in [9.17, 15) is 35.2 Å². The second-order valence-corrected chi connectivity index (χ2v) is 9.34. The van der Waals surface area contributed by atoms with Crippen LogP contribution in [0.25, 0.3) is 0 Å². The SMILES string of the molecule is CC(NS(=O)(=O)Nc1c(Cl)c(C(=O)Nc2ccc(F)c(F)c2)n2c1CCCCC2)C(F)(F)F. The Balaban J connectivity index is 1.97. The molecule has 1 aliphatic heterocycles. The summed E-state index contributed by atoms with van der Waals surface area (Å²) in [4.78, 5) is 12.9. The van der Waals surface area contributed by atoms with Crippen molar-refractivity contribution in [2.75, 3.05) is 10.0 Å². The highest BCUT2D eigenvalue weighted by molar-refractivity contribution is 7.90. The molecule has 1 aromatic carbocycles. The van der Waals surface area contributed by atoms with Crippen LogP contribution in [0.5, 0.6) is 0 Å². The van der Waals surface area contributed by atoms with Crippen LogP contribution in [0.4, 0.5) is 33.3 Å². The molecule has 0 saturated carbocycles. The van der Waals surface area contributed by atoms with Crippen LogP contribution >= 0.6 is 11.6 Å². The minimum absolute atomic E-state index is 0.0677. The first-order valence-corrected chi connectivity index (χ1v) is 11.7. The van der Waals surface area contributed by atoms with Crippen molar-refractivity contribution in [3.05, 3.63) is 46.2 Å². The lowest BCUT2D eigenvalue weighted by Crippen LogP contribution is -2.45. The van der Waals surface area contributed by atoms with Crippen molar-refractivity contribution < 1.29 is 35.2 Å². The maximum atomic E-state index is 13.5. The summed E-state index contributed by atoms with van der Waals surface area (Å²) < 4.78 is 94.8. The molecule has 0 radical (unpaired) electrons. The number of rotatable bonds is 6. The number of carbonyl (C=O) groups is 1. The van der Waals surface area contributed by atoms with E-state index in [4.69, 9.17) is 11.6 Å². The first-order valence-electron chi connectivity index (χ1n) is 9.84. The van der Waals surface area contributed by atoms with Crippen LogP contribution in [0.3, 0.4) is 0 Å². The molecule has 3 rings (SSSR count). The van der Waals surface area contributed by atoms with E-state index in [1.54, 1.807) is 0 Å². The van der Waals surface area contributed by atoms with Crippen molar-refractivity contribution in [2.24, 2.45) is 0 Å². The molecule has 0 spiro atoms. The van der Waals surface area contributed by atoms with E-state index in [1.807, 2.05) is 4.72 Å². The Morgan fingerprint density at radius 2 is 1.85 bits per heavy atom. The molecule has 7 nitrogen and oxygen atoms in total. The van der Waals surface area contributed by atoms with Crippen LogP contribution in [0.15, 0.2) is 18.2 Å². The molecule has 2 heterocycles. The standard InChI is InChI=1S/C19H20ClF5N4O3S/c1-10(19(23,24)25)27-33(31,32)28-16-14-5-3-2-4-8-29(14)17(15(16)20)18(30)26-11-6-7-12(21)13(22)9-11/h6-7,9-10,27-28H,2-5,8H2,1H3,(H,26,30). The first kappa shape index (κ1) is 25.2. The fourth-order valence-corrected chi connectivity index (χ4v) is 4.98. The van der Waals surface area contributed by atoms with Gasteiger partial charge in [0, 0.05) is 24.0 Å². The van der Waals surface area contributed by atoms with Gasteiger partial charge in [0.2, 0.25) is 0 Å². The number of hydrogen-bond donors (Lipinski definition) is 3. The molecule has 33 heavy (non-hydrogen) atoms. The number of aromatic nitrogens is 1. The van der Waals surface area contributed by atoms with Crippen LogP contribution in [0, 0.1) is 11.6 Å². The van der Waals surface area contributed by atoms with Crippen LogP contribution < -0.4 is 14.8 Å². The van der Waals surface area contributed by atoms with Gasteiger partial charge in [-0.2, -0.15) is 26.3 Å². The molecule has 1 aromatic heterocycles. The monoisotopic (exact) mass is 514 g/mol. The van der Waals surface area contributed by atoms with Crippen molar-refractivity contribution in [1.82, 2.24) is 9.29 Å². The van der Waals surface area contributed by atoms with Gasteiger partial charge in [-0.25, -0.2) is 8.78 Å². The molecule has 0 saturated heterocycles. The number of halogens is 6. The number of hydrogen-bond acceptors (Lipinski definition) is 3. The van der Waals surface area contributed by atoms with E-state index < -0.39 is 40.0 Å². The van der Waals surface area contributed by atoms with Gasteiger partial charge in [-0.05, 0) is 38.3 Å². The Bertz CT molecular complexity index is 1170. The number of benzene rings is 1. The average Bonchev–Trinajstić information content (AvgIpc) is 2.84. The smallest absolute Gasteiger partial charge is 0.337 e. The van der Waals surface area contributed by atoms with E-state index in [2.05, 4.69) is 5.32 Å². The number of carbonyl (C=O) groups excluding carboxylic acids is 1. The van der Waals surface area contributed by atoms with E-state index in [0.717, 1.165) is 24.6 Å². The summed E-state index contributed by atoms with van der Waals surface area (Å²) in [5.74, 6) is -3.12. The summed E-state index contributed by atoms with van der Waals surface area (Å²) in [7, 11) is -4.71.